The Hall–Kier alpha value is -3.26. The summed E-state index contributed by atoms with van der Waals surface area (Å²) in [6.07, 6.45) is 3.44. The second-order valence-corrected chi connectivity index (χ2v) is 8.38. The van der Waals surface area contributed by atoms with E-state index in [1.54, 1.807) is 29.5 Å². The number of aromatic hydroxyl groups is 1. The van der Waals surface area contributed by atoms with Gasteiger partial charge in [-0.3, -0.25) is 0 Å². The second kappa shape index (κ2) is 11.4. The van der Waals surface area contributed by atoms with Crippen LogP contribution in [0.2, 0.25) is 0 Å². The molecule has 2 aromatic carbocycles. The standard InChI is InChI=1S/C24H29N3O4S/c1-3-17-13-19(20-15-32-16(2)26-20)21(28)14-23(17)31-12-8-4-7-11-30-22-10-6-5-9-18(22)24(25)27-29/h5-6,9-10,13-15,28-29H,3-4,7-8,11-12H2,1-2H3,(H2,25,27). The Bertz CT molecular complexity index is 1070. The molecule has 0 aliphatic carbocycles. The van der Waals surface area contributed by atoms with Gasteiger partial charge in [0.2, 0.25) is 0 Å². The summed E-state index contributed by atoms with van der Waals surface area (Å²) >= 11 is 1.56. The summed E-state index contributed by atoms with van der Waals surface area (Å²) in [5.41, 5.74) is 8.83. The fraction of sp³-hybridized carbons (Fsp3) is 0.333. The third-order valence-corrected chi connectivity index (χ3v) is 5.80. The van der Waals surface area contributed by atoms with E-state index < -0.39 is 0 Å². The van der Waals surface area contributed by atoms with Gasteiger partial charge in [0.1, 0.15) is 17.2 Å². The summed E-state index contributed by atoms with van der Waals surface area (Å²) in [6.45, 7) is 5.10. The van der Waals surface area contributed by atoms with Crippen molar-refractivity contribution < 1.29 is 19.8 Å². The smallest absolute Gasteiger partial charge is 0.173 e. The molecular weight excluding hydrogens is 426 g/mol. The Morgan fingerprint density at radius 2 is 1.81 bits per heavy atom. The van der Waals surface area contributed by atoms with Crippen molar-refractivity contribution in [2.75, 3.05) is 13.2 Å². The zero-order valence-corrected chi connectivity index (χ0v) is 19.2. The number of aromatic nitrogens is 1. The number of aryl methyl sites for hydroxylation is 2. The number of thiazole rings is 1. The van der Waals surface area contributed by atoms with E-state index in [1.165, 1.54) is 0 Å². The average Bonchev–Trinajstić information content (AvgIpc) is 3.24. The number of amidine groups is 1. The van der Waals surface area contributed by atoms with E-state index in [0.717, 1.165) is 47.5 Å². The molecule has 4 N–H and O–H groups in total. The van der Waals surface area contributed by atoms with Crippen LogP contribution < -0.4 is 15.2 Å². The highest BCUT2D eigenvalue weighted by molar-refractivity contribution is 7.09. The highest BCUT2D eigenvalue weighted by Crippen LogP contribution is 2.36. The number of hydrogen-bond donors (Lipinski definition) is 3. The lowest BCUT2D eigenvalue weighted by molar-refractivity contribution is 0.277. The number of oxime groups is 1. The van der Waals surface area contributed by atoms with Crippen molar-refractivity contribution in [1.82, 2.24) is 4.98 Å². The van der Waals surface area contributed by atoms with Crippen molar-refractivity contribution >= 4 is 17.2 Å². The molecular formula is C24H29N3O4S. The maximum Gasteiger partial charge on any atom is 0.173 e. The zero-order valence-electron chi connectivity index (χ0n) is 18.4. The SMILES string of the molecule is CCc1cc(-c2csc(C)n2)c(O)cc1OCCCCCOc1ccccc1C(N)=NO. The van der Waals surface area contributed by atoms with Crippen LogP contribution in [-0.2, 0) is 6.42 Å². The van der Waals surface area contributed by atoms with Crippen LogP contribution in [0.15, 0.2) is 46.9 Å². The van der Waals surface area contributed by atoms with Crippen LogP contribution in [0.5, 0.6) is 17.2 Å². The molecule has 170 valence electrons. The van der Waals surface area contributed by atoms with Crippen molar-refractivity contribution in [2.45, 2.75) is 39.5 Å². The van der Waals surface area contributed by atoms with Gasteiger partial charge >= 0.3 is 0 Å². The maximum atomic E-state index is 10.5. The number of hydrogen-bond acceptors (Lipinski definition) is 7. The molecule has 0 spiro atoms. The first-order valence-corrected chi connectivity index (χ1v) is 11.5. The first-order valence-electron chi connectivity index (χ1n) is 10.6. The molecule has 0 amide bonds. The molecule has 0 aliphatic rings. The minimum Gasteiger partial charge on any atom is -0.507 e. The number of nitrogens with zero attached hydrogens (tertiary/aromatic N) is 2. The van der Waals surface area contributed by atoms with Crippen LogP contribution in [0.25, 0.3) is 11.3 Å². The molecule has 8 heteroatoms. The van der Waals surface area contributed by atoms with Gasteiger partial charge in [-0.25, -0.2) is 4.98 Å². The third kappa shape index (κ3) is 5.91. The van der Waals surface area contributed by atoms with Gasteiger partial charge in [-0.2, -0.15) is 0 Å². The zero-order chi connectivity index (χ0) is 22.9. The molecule has 0 unspecified atom stereocenters. The predicted molar refractivity (Wildman–Crippen MR) is 127 cm³/mol. The fourth-order valence-corrected chi connectivity index (χ4v) is 3.93. The Kier molecular flexibility index (Phi) is 8.33. The van der Waals surface area contributed by atoms with Crippen LogP contribution in [0.1, 0.15) is 42.3 Å². The highest BCUT2D eigenvalue weighted by atomic mass is 32.1. The predicted octanol–water partition coefficient (Wildman–Crippen LogP) is 5.11. The molecule has 3 rings (SSSR count). The summed E-state index contributed by atoms with van der Waals surface area (Å²) in [5.74, 6) is 1.52. The Balaban J connectivity index is 1.47. The van der Waals surface area contributed by atoms with E-state index >= 15 is 0 Å². The molecule has 0 radical (unpaired) electrons. The van der Waals surface area contributed by atoms with E-state index in [0.29, 0.717) is 30.3 Å². The van der Waals surface area contributed by atoms with Crippen LogP contribution in [-0.4, -0.2) is 34.3 Å². The number of para-hydroxylation sites is 1. The summed E-state index contributed by atoms with van der Waals surface area (Å²) < 4.78 is 11.7. The summed E-state index contributed by atoms with van der Waals surface area (Å²) in [6, 6.07) is 10.9. The van der Waals surface area contributed by atoms with E-state index in [1.807, 2.05) is 30.5 Å². The van der Waals surface area contributed by atoms with Gasteiger partial charge in [0.05, 0.1) is 29.5 Å². The molecule has 0 fully saturated rings. The molecule has 7 nitrogen and oxygen atoms in total. The van der Waals surface area contributed by atoms with E-state index in [2.05, 4.69) is 17.1 Å². The molecule has 0 atom stereocenters. The maximum absolute atomic E-state index is 10.5. The van der Waals surface area contributed by atoms with Gasteiger partial charge in [-0.15, -0.1) is 11.3 Å². The number of unbranched alkanes of at least 4 members (excludes halogenated alkanes) is 2. The molecule has 0 saturated carbocycles. The Morgan fingerprint density at radius 1 is 1.09 bits per heavy atom. The lowest BCUT2D eigenvalue weighted by atomic mass is 10.0. The van der Waals surface area contributed by atoms with Crippen LogP contribution in [0, 0.1) is 6.92 Å². The molecule has 32 heavy (non-hydrogen) atoms. The number of phenolic OH excluding ortho intramolecular Hbond substituents is 1. The minimum absolute atomic E-state index is 0.0277. The van der Waals surface area contributed by atoms with Crippen molar-refractivity contribution in [2.24, 2.45) is 10.9 Å². The van der Waals surface area contributed by atoms with Gasteiger partial charge in [0.15, 0.2) is 5.84 Å². The van der Waals surface area contributed by atoms with Gasteiger partial charge in [0.25, 0.3) is 0 Å². The lowest BCUT2D eigenvalue weighted by Gasteiger charge is -2.13. The fourth-order valence-electron chi connectivity index (χ4n) is 3.32. The first kappa shape index (κ1) is 23.4. The van der Waals surface area contributed by atoms with Crippen molar-refractivity contribution in [3.63, 3.8) is 0 Å². The van der Waals surface area contributed by atoms with E-state index in [9.17, 15) is 5.11 Å². The summed E-state index contributed by atoms with van der Waals surface area (Å²) in [5, 5.41) is 25.3. The van der Waals surface area contributed by atoms with Gasteiger partial charge in [0, 0.05) is 17.0 Å². The van der Waals surface area contributed by atoms with Gasteiger partial charge in [-0.1, -0.05) is 24.2 Å². The van der Waals surface area contributed by atoms with Crippen LogP contribution in [0.4, 0.5) is 0 Å². The van der Waals surface area contributed by atoms with Crippen molar-refractivity contribution in [3.05, 3.63) is 57.9 Å². The third-order valence-electron chi connectivity index (χ3n) is 5.03. The second-order valence-electron chi connectivity index (χ2n) is 7.32. The number of rotatable bonds is 11. The monoisotopic (exact) mass is 455 g/mol. The molecule has 1 heterocycles. The highest BCUT2D eigenvalue weighted by Gasteiger charge is 2.13. The largest absolute Gasteiger partial charge is 0.507 e. The summed E-state index contributed by atoms with van der Waals surface area (Å²) in [7, 11) is 0. The molecule has 0 aliphatic heterocycles. The average molecular weight is 456 g/mol. The normalized spacial score (nSPS) is 11.5. The van der Waals surface area contributed by atoms with Gasteiger partial charge in [-0.05, 0) is 56.4 Å². The molecule has 3 aromatic rings. The van der Waals surface area contributed by atoms with E-state index in [4.69, 9.17) is 20.4 Å². The van der Waals surface area contributed by atoms with Gasteiger partial charge < -0.3 is 25.5 Å². The van der Waals surface area contributed by atoms with Crippen LogP contribution >= 0.6 is 11.3 Å². The molecule has 0 saturated heterocycles. The minimum atomic E-state index is 0.0277. The molecule has 0 bridgehead atoms. The number of benzene rings is 2. The lowest BCUT2D eigenvalue weighted by Crippen LogP contribution is -2.15. The van der Waals surface area contributed by atoms with E-state index in [-0.39, 0.29) is 11.6 Å². The topological polar surface area (TPSA) is 110 Å². The Morgan fingerprint density at radius 3 is 2.47 bits per heavy atom. The number of phenols is 1. The number of nitrogens with two attached hydrogens (primary N) is 1. The van der Waals surface area contributed by atoms with Crippen molar-refractivity contribution in [1.29, 1.82) is 0 Å². The van der Waals surface area contributed by atoms with Crippen molar-refractivity contribution in [3.8, 4) is 28.5 Å². The summed E-state index contributed by atoms with van der Waals surface area (Å²) in [4.78, 5) is 4.47. The van der Waals surface area contributed by atoms with Crippen LogP contribution in [0.3, 0.4) is 0 Å². The number of ether oxygens (including phenoxy) is 2. The quantitative estimate of drug-likeness (QED) is 0.122. The molecule has 1 aromatic heterocycles. The first-order chi connectivity index (χ1) is 15.5. The Labute approximate surface area is 192 Å².